The minimum absolute atomic E-state index is 0.254. The van der Waals surface area contributed by atoms with Gasteiger partial charge in [0.05, 0.1) is 0 Å². The second-order valence-corrected chi connectivity index (χ2v) is 6.71. The van der Waals surface area contributed by atoms with E-state index in [1.54, 1.807) is 0 Å². The van der Waals surface area contributed by atoms with Crippen molar-refractivity contribution in [3.8, 4) is 0 Å². The molecular formula is C20H26N2. The number of nitrogens with zero attached hydrogens (tertiary/aromatic N) is 1. The molecular weight excluding hydrogens is 268 g/mol. The van der Waals surface area contributed by atoms with Crippen LogP contribution in [-0.2, 0) is 13.1 Å². The van der Waals surface area contributed by atoms with Crippen molar-refractivity contribution >= 4 is 0 Å². The second-order valence-electron chi connectivity index (χ2n) is 6.71. The molecule has 3 rings (SSSR count). The van der Waals surface area contributed by atoms with E-state index in [-0.39, 0.29) is 5.54 Å². The Morgan fingerprint density at radius 3 is 1.91 bits per heavy atom. The summed E-state index contributed by atoms with van der Waals surface area (Å²) in [6.07, 6.45) is 2.56. The van der Waals surface area contributed by atoms with Crippen molar-refractivity contribution in [2.75, 3.05) is 13.1 Å². The largest absolute Gasteiger partial charge is 0.310 e. The molecule has 1 aliphatic rings. The van der Waals surface area contributed by atoms with E-state index in [2.05, 4.69) is 77.8 Å². The number of hydrogen-bond acceptors (Lipinski definition) is 2. The molecule has 116 valence electrons. The average Bonchev–Trinajstić information content (AvgIpc) is 2.95. The van der Waals surface area contributed by atoms with E-state index < -0.39 is 0 Å². The molecule has 0 amide bonds. The highest BCUT2D eigenvalue weighted by molar-refractivity contribution is 5.17. The topological polar surface area (TPSA) is 15.3 Å². The van der Waals surface area contributed by atoms with E-state index in [9.17, 15) is 0 Å². The lowest BCUT2D eigenvalue weighted by Crippen LogP contribution is -2.47. The van der Waals surface area contributed by atoms with Crippen molar-refractivity contribution in [1.29, 1.82) is 0 Å². The van der Waals surface area contributed by atoms with Crippen molar-refractivity contribution in [2.24, 2.45) is 0 Å². The molecule has 22 heavy (non-hydrogen) atoms. The molecule has 1 fully saturated rings. The molecule has 0 spiro atoms. The standard InChI is InChI=1S/C20H26N2/c1-20(13-8-14-21-20)17-22(15-18-9-4-2-5-10-18)16-19-11-6-3-7-12-19/h2-7,9-12,21H,8,13-17H2,1H3. The average molecular weight is 294 g/mol. The first-order chi connectivity index (χ1) is 10.7. The van der Waals surface area contributed by atoms with Gasteiger partial charge in [0, 0.05) is 25.2 Å². The van der Waals surface area contributed by atoms with Gasteiger partial charge >= 0.3 is 0 Å². The number of benzene rings is 2. The summed E-state index contributed by atoms with van der Waals surface area (Å²) in [7, 11) is 0. The lowest BCUT2D eigenvalue weighted by molar-refractivity contribution is 0.188. The van der Waals surface area contributed by atoms with Gasteiger partial charge in [0.1, 0.15) is 0 Å². The predicted octanol–water partition coefficient (Wildman–Crippen LogP) is 3.83. The van der Waals surface area contributed by atoms with E-state index in [0.29, 0.717) is 0 Å². The summed E-state index contributed by atoms with van der Waals surface area (Å²) < 4.78 is 0. The third-order valence-corrected chi connectivity index (χ3v) is 4.53. The zero-order valence-corrected chi connectivity index (χ0v) is 13.5. The molecule has 0 radical (unpaired) electrons. The quantitative estimate of drug-likeness (QED) is 0.871. The van der Waals surface area contributed by atoms with Gasteiger partial charge in [-0.05, 0) is 37.4 Å². The summed E-state index contributed by atoms with van der Waals surface area (Å²) in [5, 5.41) is 3.69. The van der Waals surface area contributed by atoms with Gasteiger partial charge in [-0.25, -0.2) is 0 Å². The molecule has 2 aromatic rings. The number of rotatable bonds is 6. The van der Waals surface area contributed by atoms with Crippen LogP contribution in [0, 0.1) is 0 Å². The van der Waals surface area contributed by atoms with Gasteiger partial charge in [0.15, 0.2) is 0 Å². The Labute approximate surface area is 134 Å². The maximum absolute atomic E-state index is 3.69. The monoisotopic (exact) mass is 294 g/mol. The lowest BCUT2D eigenvalue weighted by atomic mass is 9.99. The SMILES string of the molecule is CC1(CN(Cc2ccccc2)Cc2ccccc2)CCCN1. The Bertz CT molecular complexity index is 517. The Balaban J connectivity index is 1.72. The van der Waals surface area contributed by atoms with E-state index in [1.165, 1.54) is 24.0 Å². The zero-order chi connectivity index (χ0) is 15.3. The highest BCUT2D eigenvalue weighted by atomic mass is 15.2. The summed E-state index contributed by atoms with van der Waals surface area (Å²) in [6.45, 7) is 6.63. The minimum Gasteiger partial charge on any atom is -0.310 e. The van der Waals surface area contributed by atoms with Crippen LogP contribution in [0.3, 0.4) is 0 Å². The molecule has 2 heteroatoms. The Kier molecular flexibility index (Phi) is 4.91. The smallest absolute Gasteiger partial charge is 0.0281 e. The summed E-state index contributed by atoms with van der Waals surface area (Å²) in [4.78, 5) is 2.57. The van der Waals surface area contributed by atoms with Crippen molar-refractivity contribution in [3.63, 3.8) is 0 Å². The zero-order valence-electron chi connectivity index (χ0n) is 13.5. The van der Waals surface area contributed by atoms with Gasteiger partial charge in [-0.1, -0.05) is 60.7 Å². The van der Waals surface area contributed by atoms with Crippen LogP contribution in [0.5, 0.6) is 0 Å². The number of nitrogens with one attached hydrogen (secondary N) is 1. The molecule has 0 aliphatic carbocycles. The molecule has 1 atom stereocenters. The molecule has 1 heterocycles. The lowest BCUT2D eigenvalue weighted by Gasteiger charge is -2.33. The maximum Gasteiger partial charge on any atom is 0.0281 e. The molecule has 1 aliphatic heterocycles. The van der Waals surface area contributed by atoms with Gasteiger partial charge in [0.2, 0.25) is 0 Å². The highest BCUT2D eigenvalue weighted by Crippen LogP contribution is 2.22. The van der Waals surface area contributed by atoms with Gasteiger partial charge in [-0.15, -0.1) is 0 Å². The van der Waals surface area contributed by atoms with E-state index in [1.807, 2.05) is 0 Å². The summed E-state index contributed by atoms with van der Waals surface area (Å²) in [5.74, 6) is 0. The third-order valence-electron chi connectivity index (χ3n) is 4.53. The fourth-order valence-corrected chi connectivity index (χ4v) is 3.44. The maximum atomic E-state index is 3.69. The van der Waals surface area contributed by atoms with Crippen molar-refractivity contribution in [3.05, 3.63) is 71.8 Å². The van der Waals surface area contributed by atoms with Crippen molar-refractivity contribution in [1.82, 2.24) is 10.2 Å². The van der Waals surface area contributed by atoms with Crippen LogP contribution in [0.4, 0.5) is 0 Å². The van der Waals surface area contributed by atoms with Crippen LogP contribution in [0.15, 0.2) is 60.7 Å². The normalized spacial score (nSPS) is 21.4. The van der Waals surface area contributed by atoms with Crippen LogP contribution in [0.25, 0.3) is 0 Å². The van der Waals surface area contributed by atoms with Crippen LogP contribution >= 0.6 is 0 Å². The number of hydrogen-bond donors (Lipinski definition) is 1. The molecule has 1 N–H and O–H groups in total. The molecule has 0 aromatic heterocycles. The molecule has 2 nitrogen and oxygen atoms in total. The predicted molar refractivity (Wildman–Crippen MR) is 92.6 cm³/mol. The molecule has 0 bridgehead atoms. The second kappa shape index (κ2) is 7.08. The van der Waals surface area contributed by atoms with E-state index in [4.69, 9.17) is 0 Å². The minimum atomic E-state index is 0.254. The highest BCUT2D eigenvalue weighted by Gasteiger charge is 2.30. The first-order valence-corrected chi connectivity index (χ1v) is 8.29. The Morgan fingerprint density at radius 2 is 1.45 bits per heavy atom. The van der Waals surface area contributed by atoms with Crippen molar-refractivity contribution in [2.45, 2.75) is 38.4 Å². The third kappa shape index (κ3) is 4.19. The van der Waals surface area contributed by atoms with Crippen LogP contribution in [-0.4, -0.2) is 23.5 Å². The fourth-order valence-electron chi connectivity index (χ4n) is 3.44. The van der Waals surface area contributed by atoms with Gasteiger partial charge in [-0.2, -0.15) is 0 Å². The Morgan fingerprint density at radius 1 is 0.909 bits per heavy atom. The Hall–Kier alpha value is -1.64. The van der Waals surface area contributed by atoms with E-state index in [0.717, 1.165) is 26.2 Å². The van der Waals surface area contributed by atoms with E-state index >= 15 is 0 Å². The van der Waals surface area contributed by atoms with Crippen LogP contribution in [0.1, 0.15) is 30.9 Å². The summed E-state index contributed by atoms with van der Waals surface area (Å²) in [5.41, 5.74) is 3.03. The molecule has 2 aromatic carbocycles. The first kappa shape index (κ1) is 15.3. The molecule has 0 saturated carbocycles. The molecule has 1 saturated heterocycles. The van der Waals surface area contributed by atoms with Crippen LogP contribution in [0.2, 0.25) is 0 Å². The fraction of sp³-hybridized carbons (Fsp3) is 0.400. The van der Waals surface area contributed by atoms with Crippen LogP contribution < -0.4 is 5.32 Å². The van der Waals surface area contributed by atoms with Gasteiger partial charge in [-0.3, -0.25) is 4.90 Å². The molecule has 1 unspecified atom stereocenters. The van der Waals surface area contributed by atoms with Crippen molar-refractivity contribution < 1.29 is 0 Å². The first-order valence-electron chi connectivity index (χ1n) is 8.29. The summed E-state index contributed by atoms with van der Waals surface area (Å²) >= 11 is 0. The summed E-state index contributed by atoms with van der Waals surface area (Å²) in [6, 6.07) is 21.6. The van der Waals surface area contributed by atoms with Gasteiger partial charge in [0.25, 0.3) is 0 Å². The van der Waals surface area contributed by atoms with Gasteiger partial charge < -0.3 is 5.32 Å².